The molecule has 0 saturated heterocycles. The molecule has 3 N–H and O–H groups in total. The van der Waals surface area contributed by atoms with E-state index >= 15 is 4.39 Å². The van der Waals surface area contributed by atoms with Gasteiger partial charge in [-0.25, -0.2) is 33.5 Å². The van der Waals surface area contributed by atoms with Gasteiger partial charge in [-0.1, -0.05) is 0 Å². The molecule has 0 atom stereocenters. The van der Waals surface area contributed by atoms with Crippen LogP contribution in [0.15, 0.2) is 24.5 Å². The number of fused-ring (bicyclic) bond motifs is 2. The third kappa shape index (κ3) is 7.90. The highest BCUT2D eigenvalue weighted by Crippen LogP contribution is 2.42. The van der Waals surface area contributed by atoms with Gasteiger partial charge in [0.05, 0.1) is 12.2 Å². The summed E-state index contributed by atoms with van der Waals surface area (Å²) in [6.07, 6.45) is -0.308. The van der Waals surface area contributed by atoms with Crippen molar-refractivity contribution in [1.82, 2.24) is 14.9 Å². The van der Waals surface area contributed by atoms with E-state index in [1.165, 1.54) is 29.4 Å². The van der Waals surface area contributed by atoms with E-state index in [0.29, 0.717) is 23.8 Å². The monoisotopic (exact) mass is 696 g/mol. The van der Waals surface area contributed by atoms with Crippen LogP contribution in [-0.2, 0) is 14.2 Å². The van der Waals surface area contributed by atoms with Crippen LogP contribution in [0.5, 0.6) is 5.88 Å². The molecule has 1 saturated carbocycles. The van der Waals surface area contributed by atoms with Crippen molar-refractivity contribution in [2.45, 2.75) is 84.7 Å². The van der Waals surface area contributed by atoms with Crippen molar-refractivity contribution in [2.24, 2.45) is 0 Å². The van der Waals surface area contributed by atoms with Gasteiger partial charge in [-0.15, -0.1) is 0 Å². The fraction of sp³-hybridized carbons (Fsp3) is 0.471. The molecule has 268 valence electrons. The maximum Gasteiger partial charge on any atom is 0.413 e. The average Bonchev–Trinajstić information content (AvgIpc) is 2.98. The molecule has 1 aliphatic heterocycles. The number of nitrogens with one attached hydrogen (secondary N) is 2. The second-order valence-electron chi connectivity index (χ2n) is 14.1. The molecule has 0 radical (unpaired) electrons. The zero-order valence-corrected chi connectivity index (χ0v) is 29.2. The lowest BCUT2D eigenvalue weighted by Crippen LogP contribution is -2.50. The van der Waals surface area contributed by atoms with E-state index in [9.17, 15) is 24.3 Å². The first kappa shape index (κ1) is 35.9. The first-order valence-electron chi connectivity index (χ1n) is 16.0. The number of pyridine rings is 2. The number of anilines is 3. The minimum absolute atomic E-state index is 0.0124. The van der Waals surface area contributed by atoms with Crippen molar-refractivity contribution in [3.8, 4) is 17.0 Å². The van der Waals surface area contributed by atoms with E-state index in [-0.39, 0.29) is 58.8 Å². The Bertz CT molecular complexity index is 1850. The fourth-order valence-corrected chi connectivity index (χ4v) is 5.58. The Balaban J connectivity index is 1.43. The molecule has 50 heavy (non-hydrogen) atoms. The summed E-state index contributed by atoms with van der Waals surface area (Å²) < 4.78 is 38.3. The van der Waals surface area contributed by atoms with Crippen LogP contribution in [-0.4, -0.2) is 87.9 Å². The molecule has 1 aliphatic carbocycles. The summed E-state index contributed by atoms with van der Waals surface area (Å²) in [5.41, 5.74) is -0.969. The molecular weight excluding hydrogens is 655 g/mol. The van der Waals surface area contributed by atoms with Crippen molar-refractivity contribution in [3.05, 3.63) is 35.9 Å². The molecule has 0 bridgehead atoms. The van der Waals surface area contributed by atoms with E-state index in [2.05, 4.69) is 20.6 Å². The lowest BCUT2D eigenvalue weighted by atomic mass is 9.88. The summed E-state index contributed by atoms with van der Waals surface area (Å²) in [5, 5.41) is 15.4. The molecule has 3 aromatic rings. The Morgan fingerprint density at radius 1 is 0.980 bits per heavy atom. The number of hydrogen-bond donors (Lipinski definition) is 3. The van der Waals surface area contributed by atoms with Gasteiger partial charge in [0.2, 0.25) is 5.88 Å². The number of carboxylic acid groups (broad SMARTS) is 1. The Morgan fingerprint density at radius 3 is 2.30 bits per heavy atom. The highest BCUT2D eigenvalue weighted by atomic mass is 19.1. The van der Waals surface area contributed by atoms with Crippen LogP contribution in [0.1, 0.15) is 59.9 Å². The second kappa shape index (κ2) is 13.5. The van der Waals surface area contributed by atoms with Crippen LogP contribution in [0.25, 0.3) is 21.9 Å². The molecule has 0 spiro atoms. The Kier molecular flexibility index (Phi) is 9.67. The van der Waals surface area contributed by atoms with Gasteiger partial charge >= 0.3 is 24.4 Å². The lowest BCUT2D eigenvalue weighted by Gasteiger charge is -2.40. The highest BCUT2D eigenvalue weighted by Gasteiger charge is 2.38. The lowest BCUT2D eigenvalue weighted by molar-refractivity contribution is -0.0195. The van der Waals surface area contributed by atoms with E-state index < -0.39 is 47.5 Å². The number of carbonyl (C=O) groups is 4. The van der Waals surface area contributed by atoms with Crippen LogP contribution in [0, 0.1) is 12.7 Å². The first-order chi connectivity index (χ1) is 23.3. The van der Waals surface area contributed by atoms with Crippen LogP contribution in [0.4, 0.5) is 40.8 Å². The predicted octanol–water partition coefficient (Wildman–Crippen LogP) is 6.91. The maximum atomic E-state index is 16.5. The number of carbonyl (C=O) groups excluding carboxylic acids is 3. The number of rotatable bonds is 5. The molecular formula is C34H41FN6O9. The van der Waals surface area contributed by atoms with Gasteiger partial charge in [0.15, 0.2) is 5.82 Å². The van der Waals surface area contributed by atoms with Crippen molar-refractivity contribution >= 4 is 52.3 Å². The second-order valence-corrected chi connectivity index (χ2v) is 14.1. The van der Waals surface area contributed by atoms with Crippen molar-refractivity contribution in [1.29, 1.82) is 0 Å². The Morgan fingerprint density at radius 2 is 1.66 bits per heavy atom. The third-order valence-corrected chi connectivity index (χ3v) is 8.01. The van der Waals surface area contributed by atoms with Gasteiger partial charge in [-0.05, 0) is 71.5 Å². The minimum Gasteiger partial charge on any atom is -0.474 e. The summed E-state index contributed by atoms with van der Waals surface area (Å²) >= 11 is 0. The van der Waals surface area contributed by atoms with Crippen molar-refractivity contribution in [2.75, 3.05) is 35.7 Å². The zero-order valence-electron chi connectivity index (χ0n) is 29.2. The van der Waals surface area contributed by atoms with Gasteiger partial charge in [0, 0.05) is 54.8 Å². The van der Waals surface area contributed by atoms with Gasteiger partial charge in [0.1, 0.15) is 35.4 Å². The van der Waals surface area contributed by atoms with Crippen molar-refractivity contribution in [3.63, 3.8) is 0 Å². The molecule has 0 unspecified atom stereocenters. The summed E-state index contributed by atoms with van der Waals surface area (Å²) in [7, 11) is 1.63. The van der Waals surface area contributed by atoms with E-state index in [4.69, 9.17) is 18.9 Å². The Labute approximate surface area is 288 Å². The molecule has 5 rings (SSSR count). The molecule has 16 heteroatoms. The number of hydrogen-bond acceptors (Lipinski definition) is 10. The normalized spacial score (nSPS) is 17.1. The molecule has 2 aliphatic rings. The number of amides is 4. The first-order valence-corrected chi connectivity index (χ1v) is 16.0. The largest absolute Gasteiger partial charge is 0.474 e. The minimum atomic E-state index is -1.22. The van der Waals surface area contributed by atoms with Gasteiger partial charge < -0.3 is 29.0 Å². The van der Waals surface area contributed by atoms with E-state index in [1.807, 2.05) is 0 Å². The molecule has 4 amide bonds. The maximum absolute atomic E-state index is 16.5. The summed E-state index contributed by atoms with van der Waals surface area (Å²) in [4.78, 5) is 61.1. The summed E-state index contributed by atoms with van der Waals surface area (Å²) in [6, 6.07) is 2.81. The number of benzene rings is 1. The predicted molar refractivity (Wildman–Crippen MR) is 181 cm³/mol. The molecule has 1 aromatic carbocycles. The number of nitrogens with zero attached hydrogens (tertiary/aromatic N) is 4. The van der Waals surface area contributed by atoms with E-state index in [0.717, 1.165) is 4.90 Å². The fourth-order valence-electron chi connectivity index (χ4n) is 5.58. The number of ether oxygens (including phenoxy) is 4. The van der Waals surface area contributed by atoms with Crippen LogP contribution >= 0.6 is 0 Å². The third-order valence-electron chi connectivity index (χ3n) is 8.01. The smallest absolute Gasteiger partial charge is 0.413 e. The molecule has 3 heterocycles. The SMILES string of the molecule is Cc1c(-c2cc3cc(NC(=O)OC4CC(N(C)C(=O)OC(C)(C)C)C4)ncc3c(NC(=O)OC(C)(C)C)c2F)cnc2c1N(C(=O)O)CCO2. The molecule has 1 fully saturated rings. The van der Waals surface area contributed by atoms with Gasteiger partial charge in [-0.3, -0.25) is 15.5 Å². The quantitative estimate of drug-likeness (QED) is 0.236. The zero-order chi connectivity index (χ0) is 36.7. The van der Waals surface area contributed by atoms with Crippen LogP contribution in [0.3, 0.4) is 0 Å². The molecule has 15 nitrogen and oxygen atoms in total. The van der Waals surface area contributed by atoms with Crippen molar-refractivity contribution < 1.29 is 47.6 Å². The summed E-state index contributed by atoms with van der Waals surface area (Å²) in [6.45, 7) is 12.1. The standard InChI is InChI=1S/C34H41FN6O9/c1-17-22(15-37-28-27(17)41(31(44)45)9-10-47-28)21-11-18-12-24(36-16-23(18)26(25(21)35)39-30(43)49-33(2,3)4)38-29(42)48-20-13-19(14-20)40(8)32(46)50-34(5,6)7/h11-12,15-16,19-20H,9-10,13-14H2,1-8H3,(H,39,43)(H,44,45)(H,36,38,42). The van der Waals surface area contributed by atoms with Gasteiger partial charge in [-0.2, -0.15) is 0 Å². The van der Waals surface area contributed by atoms with Crippen LogP contribution in [0.2, 0.25) is 0 Å². The van der Waals surface area contributed by atoms with E-state index in [1.54, 1.807) is 55.5 Å². The Hall–Kier alpha value is -5.41. The number of aromatic nitrogens is 2. The highest BCUT2D eigenvalue weighted by molar-refractivity contribution is 6.05. The molecule has 2 aromatic heterocycles. The average molecular weight is 697 g/mol. The summed E-state index contributed by atoms with van der Waals surface area (Å²) in [5.74, 6) is -0.669. The van der Waals surface area contributed by atoms with Gasteiger partial charge in [0.25, 0.3) is 0 Å². The van der Waals surface area contributed by atoms with Crippen LogP contribution < -0.4 is 20.3 Å². The number of halogens is 1. The topological polar surface area (TPSA) is 182 Å².